The molecular formula is C31H43N3O5S. The van der Waals surface area contributed by atoms with Crippen LogP contribution in [0.15, 0.2) is 42.5 Å². The fourth-order valence-corrected chi connectivity index (χ4v) is 6.99. The number of piperidine rings is 2. The van der Waals surface area contributed by atoms with Crippen molar-refractivity contribution in [3.8, 4) is 23.3 Å². The van der Waals surface area contributed by atoms with E-state index in [1.165, 1.54) is 6.42 Å². The van der Waals surface area contributed by atoms with Crippen LogP contribution in [0.25, 0.3) is 0 Å². The van der Waals surface area contributed by atoms with Gasteiger partial charge in [0, 0.05) is 38.0 Å². The molecule has 2 fully saturated rings. The lowest BCUT2D eigenvalue weighted by atomic mass is 9.84. The minimum atomic E-state index is -2.89. The zero-order valence-electron chi connectivity index (χ0n) is 24.0. The fourth-order valence-electron chi connectivity index (χ4n) is 6.13. The first-order valence-corrected chi connectivity index (χ1v) is 16.2. The van der Waals surface area contributed by atoms with Crippen LogP contribution in [0.2, 0.25) is 0 Å². The molecule has 2 aromatic carbocycles. The van der Waals surface area contributed by atoms with Crippen LogP contribution < -0.4 is 14.2 Å². The Kier molecular flexibility index (Phi) is 10.7. The highest BCUT2D eigenvalue weighted by Crippen LogP contribution is 2.35. The minimum Gasteiger partial charge on any atom is -0.493 e. The highest BCUT2D eigenvalue weighted by atomic mass is 32.2. The molecule has 0 N–H and O–H groups in total. The van der Waals surface area contributed by atoms with Gasteiger partial charge in [0.15, 0.2) is 11.5 Å². The van der Waals surface area contributed by atoms with Crippen LogP contribution in [-0.2, 0) is 9.84 Å². The molecule has 218 valence electrons. The first kappa shape index (κ1) is 30.2. The highest BCUT2D eigenvalue weighted by Gasteiger charge is 2.33. The number of hydrogen-bond donors (Lipinski definition) is 0. The Balaban J connectivity index is 1.32. The van der Waals surface area contributed by atoms with E-state index in [9.17, 15) is 13.7 Å². The molecule has 0 spiro atoms. The third kappa shape index (κ3) is 8.35. The number of methoxy groups -OCH3 is 2. The summed E-state index contributed by atoms with van der Waals surface area (Å²) in [6, 6.07) is 15.4. The largest absolute Gasteiger partial charge is 0.493 e. The number of fused-ring (bicyclic) bond motifs is 2. The smallest absolute Gasteiger partial charge is 0.164 e. The average molecular weight is 570 g/mol. The molecule has 2 saturated heterocycles. The molecule has 2 aromatic rings. The van der Waals surface area contributed by atoms with Crippen molar-refractivity contribution in [3.63, 3.8) is 0 Å². The molecule has 4 rings (SSSR count). The van der Waals surface area contributed by atoms with Gasteiger partial charge in [-0.1, -0.05) is 19.1 Å². The van der Waals surface area contributed by atoms with Crippen LogP contribution in [0.3, 0.4) is 0 Å². The van der Waals surface area contributed by atoms with Crippen LogP contribution in [0.5, 0.6) is 17.2 Å². The van der Waals surface area contributed by atoms with Gasteiger partial charge in [-0.15, -0.1) is 0 Å². The molecule has 2 bridgehead atoms. The maximum Gasteiger partial charge on any atom is 0.164 e. The van der Waals surface area contributed by atoms with Crippen molar-refractivity contribution < 1.29 is 22.6 Å². The van der Waals surface area contributed by atoms with E-state index in [1.54, 1.807) is 21.1 Å². The van der Waals surface area contributed by atoms with Crippen molar-refractivity contribution in [1.82, 2.24) is 9.80 Å². The normalized spacial score (nSPS) is 20.4. The summed E-state index contributed by atoms with van der Waals surface area (Å²) in [5.41, 5.74) is 1.68. The number of nitriles is 1. The lowest BCUT2D eigenvalue weighted by Gasteiger charge is -2.46. The number of rotatable bonds is 14. The molecule has 0 radical (unpaired) electrons. The second kappa shape index (κ2) is 14.2. The van der Waals surface area contributed by atoms with Crippen LogP contribution in [0, 0.1) is 23.2 Å². The Morgan fingerprint density at radius 3 is 2.12 bits per heavy atom. The minimum absolute atomic E-state index is 0.148. The van der Waals surface area contributed by atoms with Crippen LogP contribution in [0.4, 0.5) is 0 Å². The van der Waals surface area contributed by atoms with E-state index in [0.717, 1.165) is 64.1 Å². The Labute approximate surface area is 239 Å². The Morgan fingerprint density at radius 1 is 0.925 bits per heavy atom. The van der Waals surface area contributed by atoms with Gasteiger partial charge < -0.3 is 24.0 Å². The predicted octanol–water partition coefficient (Wildman–Crippen LogP) is 4.55. The first-order chi connectivity index (χ1) is 19.3. The SMILES string of the molecule is CCS(=O)(=O)CCCN1CC2CC(CN(CCCC(Oc3ccc(OC)c(OC)c3)c3ccc(C#N)cc3)C2)C1. The third-order valence-electron chi connectivity index (χ3n) is 8.09. The van der Waals surface area contributed by atoms with Crippen LogP contribution in [-0.4, -0.2) is 83.2 Å². The van der Waals surface area contributed by atoms with E-state index in [4.69, 9.17) is 14.2 Å². The number of hydrogen-bond acceptors (Lipinski definition) is 8. The maximum absolute atomic E-state index is 11.8. The van der Waals surface area contributed by atoms with Gasteiger partial charge in [0.1, 0.15) is 21.7 Å². The van der Waals surface area contributed by atoms with Crippen molar-refractivity contribution in [2.24, 2.45) is 11.8 Å². The Hall–Kier alpha value is -2.80. The van der Waals surface area contributed by atoms with E-state index < -0.39 is 9.84 Å². The summed E-state index contributed by atoms with van der Waals surface area (Å²) in [5.74, 6) is 3.82. The highest BCUT2D eigenvalue weighted by molar-refractivity contribution is 7.91. The van der Waals surface area contributed by atoms with E-state index >= 15 is 0 Å². The van der Waals surface area contributed by atoms with E-state index in [2.05, 4.69) is 15.9 Å². The molecule has 8 nitrogen and oxygen atoms in total. The molecular weight excluding hydrogens is 526 g/mol. The summed E-state index contributed by atoms with van der Waals surface area (Å²) in [6.07, 6.45) is 3.71. The van der Waals surface area contributed by atoms with Crippen LogP contribution >= 0.6 is 0 Å². The van der Waals surface area contributed by atoms with Crippen molar-refractivity contribution in [1.29, 1.82) is 5.26 Å². The molecule has 0 amide bonds. The molecule has 2 aliphatic rings. The van der Waals surface area contributed by atoms with Gasteiger partial charge in [0.25, 0.3) is 0 Å². The second-order valence-corrected chi connectivity index (χ2v) is 13.5. The standard InChI is InChI=1S/C31H43N3O5S/c1-4-40(35,36)16-6-15-34-22-25-17-26(23-34)21-33(20-25)14-5-7-29(27-10-8-24(19-32)9-11-27)39-28-12-13-30(37-2)31(18-28)38-3/h8-13,18,25-26,29H,4-7,14-17,20-23H2,1-3H3. The summed E-state index contributed by atoms with van der Waals surface area (Å²) in [5, 5.41) is 9.22. The van der Waals surface area contributed by atoms with E-state index in [-0.39, 0.29) is 11.9 Å². The summed E-state index contributed by atoms with van der Waals surface area (Å²) >= 11 is 0. The quantitative estimate of drug-likeness (QED) is 0.327. The fraction of sp³-hybridized carbons (Fsp3) is 0.581. The van der Waals surface area contributed by atoms with E-state index in [0.29, 0.717) is 40.4 Å². The van der Waals surface area contributed by atoms with Crippen molar-refractivity contribution in [2.45, 2.75) is 38.7 Å². The molecule has 0 aliphatic carbocycles. The van der Waals surface area contributed by atoms with Gasteiger partial charge in [-0.25, -0.2) is 8.42 Å². The average Bonchev–Trinajstić information content (AvgIpc) is 2.96. The summed E-state index contributed by atoms with van der Waals surface area (Å²) < 4.78 is 41.0. The zero-order valence-corrected chi connectivity index (χ0v) is 24.9. The second-order valence-electron chi connectivity index (χ2n) is 11.1. The number of ether oxygens (including phenoxy) is 3. The van der Waals surface area contributed by atoms with Gasteiger partial charge >= 0.3 is 0 Å². The zero-order chi connectivity index (χ0) is 28.5. The van der Waals surface area contributed by atoms with E-state index in [1.807, 2.05) is 42.5 Å². The number of sulfone groups is 1. The number of benzene rings is 2. The Morgan fingerprint density at radius 2 is 1.55 bits per heavy atom. The monoisotopic (exact) mass is 569 g/mol. The maximum atomic E-state index is 11.8. The lowest BCUT2D eigenvalue weighted by Crippen LogP contribution is -2.53. The molecule has 2 heterocycles. The predicted molar refractivity (Wildman–Crippen MR) is 157 cm³/mol. The van der Waals surface area contributed by atoms with Gasteiger partial charge in [0.05, 0.1) is 31.6 Å². The molecule has 3 unspecified atom stereocenters. The number of likely N-dealkylation sites (tertiary alicyclic amines) is 2. The van der Waals surface area contributed by atoms with Crippen molar-refractivity contribution in [2.75, 3.05) is 65.0 Å². The lowest BCUT2D eigenvalue weighted by molar-refractivity contribution is 0.0295. The van der Waals surface area contributed by atoms with Crippen molar-refractivity contribution in [3.05, 3.63) is 53.6 Å². The summed E-state index contributed by atoms with van der Waals surface area (Å²) in [4.78, 5) is 5.09. The summed E-state index contributed by atoms with van der Waals surface area (Å²) in [7, 11) is 0.344. The summed E-state index contributed by atoms with van der Waals surface area (Å²) in [6.45, 7) is 7.95. The molecule has 3 atom stereocenters. The Bertz CT molecular complexity index is 1230. The molecule has 0 aromatic heterocycles. The van der Waals surface area contributed by atoms with Gasteiger partial charge in [-0.3, -0.25) is 0 Å². The third-order valence-corrected chi connectivity index (χ3v) is 9.88. The van der Waals surface area contributed by atoms with Gasteiger partial charge in [0.2, 0.25) is 0 Å². The molecule has 40 heavy (non-hydrogen) atoms. The molecule has 9 heteroatoms. The molecule has 0 saturated carbocycles. The topological polar surface area (TPSA) is 92.1 Å². The first-order valence-electron chi connectivity index (χ1n) is 14.4. The van der Waals surface area contributed by atoms with Crippen molar-refractivity contribution >= 4 is 9.84 Å². The number of nitrogens with zero attached hydrogens (tertiary/aromatic N) is 3. The molecule has 2 aliphatic heterocycles. The van der Waals surface area contributed by atoms with Crippen LogP contribution in [0.1, 0.15) is 49.8 Å². The van der Waals surface area contributed by atoms with Gasteiger partial charge in [-0.2, -0.15) is 5.26 Å². The van der Waals surface area contributed by atoms with Gasteiger partial charge in [-0.05, 0) is 80.4 Å².